The van der Waals surface area contributed by atoms with Crippen LogP contribution in [0.4, 0.5) is 5.69 Å². The Balaban J connectivity index is 1.94. The molecule has 1 fully saturated rings. The van der Waals surface area contributed by atoms with Gasteiger partial charge in [-0.25, -0.2) is 8.42 Å². The zero-order chi connectivity index (χ0) is 19.1. The van der Waals surface area contributed by atoms with Gasteiger partial charge in [0.1, 0.15) is 10.6 Å². The van der Waals surface area contributed by atoms with Crippen LogP contribution in [0.5, 0.6) is 0 Å². The molecule has 2 aromatic rings. The molecule has 0 radical (unpaired) electrons. The second-order valence-corrected chi connectivity index (χ2v) is 8.76. The van der Waals surface area contributed by atoms with Gasteiger partial charge in [-0.05, 0) is 56.9 Å². The number of benzene rings is 1. The Morgan fingerprint density at radius 1 is 1.12 bits per heavy atom. The Hall–Kier alpha value is -2.12. The first-order valence-electron chi connectivity index (χ1n) is 8.77. The molecule has 1 aliphatic heterocycles. The Morgan fingerprint density at radius 3 is 2.42 bits per heavy atom. The van der Waals surface area contributed by atoms with E-state index in [-0.39, 0.29) is 10.8 Å². The third kappa shape index (κ3) is 3.17. The highest BCUT2D eigenvalue weighted by Crippen LogP contribution is 2.27. The maximum absolute atomic E-state index is 12.9. The smallest absolute Gasteiger partial charge is 0.272 e. The minimum atomic E-state index is -3.56. The van der Waals surface area contributed by atoms with E-state index in [9.17, 15) is 13.2 Å². The summed E-state index contributed by atoms with van der Waals surface area (Å²) in [5.41, 5.74) is 3.72. The quantitative estimate of drug-likeness (QED) is 0.893. The van der Waals surface area contributed by atoms with Crippen LogP contribution in [0.3, 0.4) is 0 Å². The fraction of sp³-hybridized carbons (Fsp3) is 0.421. The SMILES string of the molecule is Cc1cccc(NC(=O)c2cc(S(=O)(=O)N3CCCC3)c(C)n2C)c1C. The molecule has 1 aliphatic rings. The number of carbonyl (C=O) groups is 1. The van der Waals surface area contributed by atoms with E-state index in [0.717, 1.165) is 29.7 Å². The van der Waals surface area contributed by atoms with E-state index in [1.807, 2.05) is 32.0 Å². The number of hydrogen-bond acceptors (Lipinski definition) is 3. The molecule has 0 unspecified atom stereocenters. The highest BCUT2D eigenvalue weighted by molar-refractivity contribution is 7.89. The van der Waals surface area contributed by atoms with Gasteiger partial charge in [-0.3, -0.25) is 4.79 Å². The average Bonchev–Trinajstić information content (AvgIpc) is 3.22. The number of nitrogens with one attached hydrogen (secondary N) is 1. The van der Waals surface area contributed by atoms with Crippen molar-refractivity contribution in [1.29, 1.82) is 0 Å². The molecule has 1 aromatic carbocycles. The van der Waals surface area contributed by atoms with Crippen molar-refractivity contribution in [3.8, 4) is 0 Å². The minimum Gasteiger partial charge on any atom is -0.343 e. The summed E-state index contributed by atoms with van der Waals surface area (Å²) >= 11 is 0. The van der Waals surface area contributed by atoms with E-state index in [2.05, 4.69) is 5.32 Å². The highest BCUT2D eigenvalue weighted by Gasteiger charge is 2.31. The van der Waals surface area contributed by atoms with E-state index < -0.39 is 10.0 Å². The van der Waals surface area contributed by atoms with E-state index >= 15 is 0 Å². The van der Waals surface area contributed by atoms with Crippen LogP contribution in [0.15, 0.2) is 29.2 Å². The molecule has 0 bridgehead atoms. The average molecular weight is 375 g/mol. The summed E-state index contributed by atoms with van der Waals surface area (Å²) < 4.78 is 28.9. The highest BCUT2D eigenvalue weighted by atomic mass is 32.2. The molecule has 6 nitrogen and oxygen atoms in total. The van der Waals surface area contributed by atoms with Gasteiger partial charge in [0.05, 0.1) is 0 Å². The molecule has 0 spiro atoms. The van der Waals surface area contributed by atoms with Crippen LogP contribution in [0, 0.1) is 20.8 Å². The molecule has 26 heavy (non-hydrogen) atoms. The van der Waals surface area contributed by atoms with Crippen LogP contribution in [0.25, 0.3) is 0 Å². The van der Waals surface area contributed by atoms with Crippen molar-refractivity contribution in [2.24, 2.45) is 7.05 Å². The molecule has 1 amide bonds. The molecule has 3 rings (SSSR count). The van der Waals surface area contributed by atoms with E-state index in [1.165, 1.54) is 10.4 Å². The number of carbonyl (C=O) groups excluding carboxylic acids is 1. The lowest BCUT2D eigenvalue weighted by atomic mass is 10.1. The summed E-state index contributed by atoms with van der Waals surface area (Å²) in [7, 11) is -1.84. The van der Waals surface area contributed by atoms with Gasteiger partial charge in [0.15, 0.2) is 0 Å². The summed E-state index contributed by atoms with van der Waals surface area (Å²) in [6.45, 7) is 6.75. The van der Waals surface area contributed by atoms with Crippen molar-refractivity contribution >= 4 is 21.6 Å². The molecule has 1 N–H and O–H groups in total. The van der Waals surface area contributed by atoms with Crippen LogP contribution >= 0.6 is 0 Å². The predicted molar refractivity (Wildman–Crippen MR) is 102 cm³/mol. The number of amides is 1. The number of sulfonamides is 1. The summed E-state index contributed by atoms with van der Waals surface area (Å²) in [5.74, 6) is -0.313. The molecule has 0 aliphatic carbocycles. The second-order valence-electron chi connectivity index (χ2n) is 6.85. The standard InChI is InChI=1S/C19H25N3O3S/c1-13-8-7-9-16(14(13)2)20-19(23)17-12-18(15(3)21(17)4)26(24,25)22-10-5-6-11-22/h7-9,12H,5-6,10-11H2,1-4H3,(H,20,23). The van der Waals surface area contributed by atoms with E-state index in [1.54, 1.807) is 18.5 Å². The number of rotatable bonds is 4. The maximum atomic E-state index is 12.9. The minimum absolute atomic E-state index is 0.216. The molecule has 1 aromatic heterocycles. The normalized spacial score (nSPS) is 15.4. The monoisotopic (exact) mass is 375 g/mol. The first kappa shape index (κ1) is 18.7. The Labute approximate surface area is 154 Å². The van der Waals surface area contributed by atoms with Gasteiger partial charge in [-0.15, -0.1) is 0 Å². The number of aromatic nitrogens is 1. The summed E-state index contributed by atoms with van der Waals surface area (Å²) in [6.07, 6.45) is 1.76. The number of aryl methyl sites for hydroxylation is 1. The van der Waals surface area contributed by atoms with Crippen molar-refractivity contribution in [3.05, 3.63) is 46.8 Å². The largest absolute Gasteiger partial charge is 0.343 e. The van der Waals surface area contributed by atoms with Gasteiger partial charge in [-0.1, -0.05) is 12.1 Å². The molecule has 1 saturated heterocycles. The van der Waals surface area contributed by atoms with Gasteiger partial charge >= 0.3 is 0 Å². The van der Waals surface area contributed by atoms with Gasteiger partial charge in [0.25, 0.3) is 5.91 Å². The Kier molecular flexibility index (Phi) is 4.94. The molecule has 2 heterocycles. The first-order chi connectivity index (χ1) is 12.2. The van der Waals surface area contributed by atoms with Crippen LogP contribution in [-0.4, -0.2) is 36.3 Å². The lowest BCUT2D eigenvalue weighted by Crippen LogP contribution is -2.28. The van der Waals surface area contributed by atoms with E-state index in [4.69, 9.17) is 0 Å². The Bertz CT molecular complexity index is 955. The zero-order valence-corrected chi connectivity index (χ0v) is 16.5. The molecular weight excluding hydrogens is 350 g/mol. The molecule has 0 saturated carbocycles. The third-order valence-corrected chi connectivity index (χ3v) is 7.27. The predicted octanol–water partition coefficient (Wildman–Crippen LogP) is 2.99. The zero-order valence-electron chi connectivity index (χ0n) is 15.7. The lowest BCUT2D eigenvalue weighted by molar-refractivity contribution is 0.101. The second kappa shape index (κ2) is 6.89. The van der Waals surface area contributed by atoms with Crippen LogP contribution in [0.1, 0.15) is 40.2 Å². The van der Waals surface area contributed by atoms with Crippen molar-refractivity contribution in [2.75, 3.05) is 18.4 Å². The van der Waals surface area contributed by atoms with Gasteiger partial charge in [0.2, 0.25) is 10.0 Å². The van der Waals surface area contributed by atoms with Gasteiger partial charge in [0, 0.05) is 31.5 Å². The fourth-order valence-electron chi connectivity index (χ4n) is 3.29. The number of hydrogen-bond donors (Lipinski definition) is 1. The first-order valence-corrected chi connectivity index (χ1v) is 10.2. The number of anilines is 1. The Morgan fingerprint density at radius 2 is 1.77 bits per heavy atom. The van der Waals surface area contributed by atoms with Crippen molar-refractivity contribution < 1.29 is 13.2 Å². The van der Waals surface area contributed by atoms with Gasteiger partial charge in [-0.2, -0.15) is 4.31 Å². The summed E-state index contributed by atoms with van der Waals surface area (Å²) in [5, 5.41) is 2.90. The molecule has 7 heteroatoms. The molecule has 140 valence electrons. The van der Waals surface area contributed by atoms with Gasteiger partial charge < -0.3 is 9.88 Å². The fourth-order valence-corrected chi connectivity index (χ4v) is 5.08. The summed E-state index contributed by atoms with van der Waals surface area (Å²) in [6, 6.07) is 7.21. The van der Waals surface area contributed by atoms with E-state index in [0.29, 0.717) is 24.5 Å². The molecular formula is C19H25N3O3S. The van der Waals surface area contributed by atoms with Crippen LogP contribution in [0.2, 0.25) is 0 Å². The number of nitrogens with zero attached hydrogens (tertiary/aromatic N) is 2. The van der Waals surface area contributed by atoms with Crippen molar-refractivity contribution in [3.63, 3.8) is 0 Å². The summed E-state index contributed by atoms with van der Waals surface area (Å²) in [4.78, 5) is 13.0. The third-order valence-electron chi connectivity index (χ3n) is 5.26. The maximum Gasteiger partial charge on any atom is 0.272 e. The van der Waals surface area contributed by atoms with Crippen LogP contribution in [-0.2, 0) is 17.1 Å². The topological polar surface area (TPSA) is 71.4 Å². The van der Waals surface area contributed by atoms with Crippen LogP contribution < -0.4 is 5.32 Å². The van der Waals surface area contributed by atoms with Crippen molar-refractivity contribution in [2.45, 2.75) is 38.5 Å². The lowest BCUT2D eigenvalue weighted by Gasteiger charge is -2.15. The molecule has 0 atom stereocenters. The van der Waals surface area contributed by atoms with Crippen molar-refractivity contribution in [1.82, 2.24) is 8.87 Å².